The van der Waals surface area contributed by atoms with E-state index in [2.05, 4.69) is 20.0 Å². The van der Waals surface area contributed by atoms with Gasteiger partial charge < -0.3 is 29.4 Å². The molecular formula is C20H24N4O6. The molecule has 1 aromatic heterocycles. The summed E-state index contributed by atoms with van der Waals surface area (Å²) in [5.41, 5.74) is 2.38. The molecule has 160 valence electrons. The van der Waals surface area contributed by atoms with E-state index in [0.29, 0.717) is 24.4 Å². The number of H-pyrrole nitrogens is 1. The summed E-state index contributed by atoms with van der Waals surface area (Å²) in [4.78, 5) is 46.0. The number of fused-ring (bicyclic) bond motifs is 1. The third-order valence-corrected chi connectivity index (χ3v) is 5.00. The lowest BCUT2D eigenvalue weighted by molar-refractivity contribution is -0.149. The number of nitrogens with one attached hydrogen (secondary N) is 2. The molecule has 0 spiro atoms. The van der Waals surface area contributed by atoms with Crippen LogP contribution in [-0.4, -0.2) is 66.8 Å². The Balaban J connectivity index is 1.93. The van der Waals surface area contributed by atoms with Crippen LogP contribution in [0.4, 0.5) is 4.79 Å². The van der Waals surface area contributed by atoms with Gasteiger partial charge in [0.1, 0.15) is 17.8 Å². The molecule has 10 nitrogen and oxygen atoms in total. The Morgan fingerprint density at radius 2 is 2.00 bits per heavy atom. The van der Waals surface area contributed by atoms with Gasteiger partial charge >= 0.3 is 18.0 Å². The van der Waals surface area contributed by atoms with Crippen molar-refractivity contribution in [3.8, 4) is 5.75 Å². The number of para-hydroxylation sites is 1. The first-order valence-electron chi connectivity index (χ1n) is 9.37. The maximum absolute atomic E-state index is 13.2. The number of imidazole rings is 1. The van der Waals surface area contributed by atoms with Gasteiger partial charge in [-0.3, -0.25) is 4.79 Å². The standard InChI is InChI=1S/C20H24N4O6/c1-28-15-7-5-4-6-12(15)18-17-13(21-11-22-17)8-9-24(18)20(27)23-14(19(26)30-3)10-16(25)29-2/h4-7,11,14,18H,8-10H2,1-3H3,(H,21,22)(H,23,27)/t14-,18-/m0/s1. The fourth-order valence-electron chi connectivity index (χ4n) is 3.52. The summed E-state index contributed by atoms with van der Waals surface area (Å²) >= 11 is 0. The highest BCUT2D eigenvalue weighted by atomic mass is 16.5. The smallest absolute Gasteiger partial charge is 0.329 e. The van der Waals surface area contributed by atoms with E-state index < -0.39 is 30.1 Å². The normalized spacial score (nSPS) is 16.2. The minimum absolute atomic E-state index is 0.338. The molecule has 0 bridgehead atoms. The van der Waals surface area contributed by atoms with Crippen LogP contribution in [-0.2, 0) is 25.5 Å². The topological polar surface area (TPSA) is 123 Å². The molecule has 1 aliphatic rings. The second-order valence-corrected chi connectivity index (χ2v) is 6.66. The van der Waals surface area contributed by atoms with Gasteiger partial charge in [0.2, 0.25) is 0 Å². The van der Waals surface area contributed by atoms with E-state index in [1.165, 1.54) is 14.2 Å². The van der Waals surface area contributed by atoms with Crippen LogP contribution in [0, 0.1) is 0 Å². The first-order chi connectivity index (χ1) is 14.5. The second-order valence-electron chi connectivity index (χ2n) is 6.66. The van der Waals surface area contributed by atoms with Gasteiger partial charge in [0.05, 0.1) is 39.8 Å². The van der Waals surface area contributed by atoms with Crippen molar-refractivity contribution in [2.75, 3.05) is 27.9 Å². The molecule has 10 heteroatoms. The van der Waals surface area contributed by atoms with Crippen molar-refractivity contribution in [3.05, 3.63) is 47.5 Å². The number of ether oxygens (including phenoxy) is 3. The molecule has 2 amide bonds. The fourth-order valence-corrected chi connectivity index (χ4v) is 3.52. The molecule has 0 unspecified atom stereocenters. The fraction of sp³-hybridized carbons (Fsp3) is 0.400. The van der Waals surface area contributed by atoms with E-state index in [-0.39, 0.29) is 6.42 Å². The number of aromatic nitrogens is 2. The molecule has 0 aliphatic carbocycles. The van der Waals surface area contributed by atoms with Gasteiger partial charge in [0, 0.05) is 24.2 Å². The highest BCUT2D eigenvalue weighted by Crippen LogP contribution is 2.37. The number of aromatic amines is 1. The maximum Gasteiger partial charge on any atom is 0.329 e. The lowest BCUT2D eigenvalue weighted by Gasteiger charge is -2.36. The van der Waals surface area contributed by atoms with Crippen molar-refractivity contribution in [2.45, 2.75) is 24.9 Å². The van der Waals surface area contributed by atoms with Gasteiger partial charge in [-0.2, -0.15) is 0 Å². The molecule has 1 aromatic carbocycles. The van der Waals surface area contributed by atoms with Crippen molar-refractivity contribution in [1.82, 2.24) is 20.2 Å². The number of carbonyl (C=O) groups is 3. The van der Waals surface area contributed by atoms with Gasteiger partial charge in [-0.1, -0.05) is 18.2 Å². The van der Waals surface area contributed by atoms with Gasteiger partial charge in [-0.15, -0.1) is 0 Å². The minimum atomic E-state index is -1.17. The molecule has 2 atom stereocenters. The molecule has 0 saturated carbocycles. The van der Waals surface area contributed by atoms with Crippen molar-refractivity contribution in [2.24, 2.45) is 0 Å². The summed E-state index contributed by atoms with van der Waals surface area (Å²) in [6.07, 6.45) is 1.81. The number of carbonyl (C=O) groups excluding carboxylic acids is 3. The van der Waals surface area contributed by atoms with E-state index in [0.717, 1.165) is 11.3 Å². The number of hydrogen-bond donors (Lipinski definition) is 2. The van der Waals surface area contributed by atoms with Crippen LogP contribution in [0.5, 0.6) is 5.75 Å². The van der Waals surface area contributed by atoms with Crippen LogP contribution < -0.4 is 10.1 Å². The summed E-state index contributed by atoms with van der Waals surface area (Å²) in [5.74, 6) is -0.768. The number of esters is 2. The summed E-state index contributed by atoms with van der Waals surface area (Å²) < 4.78 is 14.8. The molecule has 3 rings (SSSR count). The molecule has 0 fully saturated rings. The first-order valence-corrected chi connectivity index (χ1v) is 9.37. The second kappa shape index (κ2) is 9.29. The highest BCUT2D eigenvalue weighted by molar-refractivity contribution is 5.87. The van der Waals surface area contributed by atoms with Gasteiger partial charge in [-0.25, -0.2) is 14.6 Å². The van der Waals surface area contributed by atoms with Crippen LogP contribution in [0.3, 0.4) is 0 Å². The Labute approximate surface area is 173 Å². The van der Waals surface area contributed by atoms with Gasteiger partial charge in [0.15, 0.2) is 0 Å². The molecule has 2 aromatic rings. The quantitative estimate of drug-likeness (QED) is 0.678. The summed E-state index contributed by atoms with van der Waals surface area (Å²) in [6.45, 7) is 0.371. The van der Waals surface area contributed by atoms with Crippen LogP contribution in [0.2, 0.25) is 0 Å². The predicted octanol–water partition coefficient (Wildman–Crippen LogP) is 1.18. The van der Waals surface area contributed by atoms with E-state index in [9.17, 15) is 14.4 Å². The molecular weight excluding hydrogens is 392 g/mol. The van der Waals surface area contributed by atoms with Crippen molar-refractivity contribution < 1.29 is 28.6 Å². The number of urea groups is 1. The average Bonchev–Trinajstić information content (AvgIpc) is 3.26. The maximum atomic E-state index is 13.2. The van der Waals surface area contributed by atoms with Crippen molar-refractivity contribution in [3.63, 3.8) is 0 Å². The third kappa shape index (κ3) is 4.22. The summed E-state index contributed by atoms with van der Waals surface area (Å²) in [7, 11) is 3.95. The van der Waals surface area contributed by atoms with Crippen LogP contribution in [0.25, 0.3) is 0 Å². The Hall–Kier alpha value is -3.56. The van der Waals surface area contributed by atoms with E-state index in [1.807, 2.05) is 18.2 Å². The number of amides is 2. The molecule has 0 saturated heterocycles. The van der Waals surface area contributed by atoms with Gasteiger partial charge in [-0.05, 0) is 6.07 Å². The number of hydrogen-bond acceptors (Lipinski definition) is 7. The molecule has 0 radical (unpaired) electrons. The predicted molar refractivity (Wildman–Crippen MR) is 105 cm³/mol. The number of rotatable bonds is 6. The largest absolute Gasteiger partial charge is 0.496 e. The van der Waals surface area contributed by atoms with Crippen LogP contribution in [0.1, 0.15) is 29.4 Å². The zero-order valence-corrected chi connectivity index (χ0v) is 17.0. The monoisotopic (exact) mass is 416 g/mol. The average molecular weight is 416 g/mol. The van der Waals surface area contributed by atoms with E-state index >= 15 is 0 Å². The zero-order valence-electron chi connectivity index (χ0n) is 17.0. The Morgan fingerprint density at radius 3 is 2.70 bits per heavy atom. The Bertz CT molecular complexity index is 928. The van der Waals surface area contributed by atoms with Crippen LogP contribution >= 0.6 is 0 Å². The molecule has 1 aliphatic heterocycles. The first kappa shape index (κ1) is 21.2. The molecule has 2 N–H and O–H groups in total. The lowest BCUT2D eigenvalue weighted by Crippen LogP contribution is -2.52. The molecule has 2 heterocycles. The Kier molecular flexibility index (Phi) is 6.55. The summed E-state index contributed by atoms with van der Waals surface area (Å²) in [6, 6.07) is 5.12. The molecule has 30 heavy (non-hydrogen) atoms. The number of benzene rings is 1. The highest BCUT2D eigenvalue weighted by Gasteiger charge is 2.37. The summed E-state index contributed by atoms with van der Waals surface area (Å²) in [5, 5.41) is 2.60. The van der Waals surface area contributed by atoms with E-state index in [4.69, 9.17) is 9.47 Å². The van der Waals surface area contributed by atoms with Gasteiger partial charge in [0.25, 0.3) is 0 Å². The Morgan fingerprint density at radius 1 is 1.23 bits per heavy atom. The minimum Gasteiger partial charge on any atom is -0.496 e. The van der Waals surface area contributed by atoms with Crippen molar-refractivity contribution in [1.29, 1.82) is 0 Å². The number of methoxy groups -OCH3 is 3. The van der Waals surface area contributed by atoms with E-state index in [1.54, 1.807) is 24.4 Å². The van der Waals surface area contributed by atoms with Crippen LogP contribution in [0.15, 0.2) is 30.6 Å². The lowest BCUT2D eigenvalue weighted by atomic mass is 9.95. The number of nitrogens with zero attached hydrogens (tertiary/aromatic N) is 2. The third-order valence-electron chi connectivity index (χ3n) is 5.00. The SMILES string of the molecule is COC(=O)C[C@H](NC(=O)N1CCc2[nH]cnc2[C@@H]1c1ccccc1OC)C(=O)OC. The van der Waals surface area contributed by atoms with Crippen molar-refractivity contribution >= 4 is 18.0 Å². The zero-order chi connectivity index (χ0) is 21.7.